The molecule has 1 saturated heterocycles. The Kier molecular flexibility index (Phi) is 4.74. The Hall–Kier alpha value is -2.82. The van der Waals surface area contributed by atoms with E-state index in [-0.39, 0.29) is 11.9 Å². The Labute approximate surface area is 143 Å². The highest BCUT2D eigenvalue weighted by molar-refractivity contribution is 5.43. The lowest BCUT2D eigenvalue weighted by Crippen LogP contribution is -2.39. The van der Waals surface area contributed by atoms with Gasteiger partial charge in [-0.25, -0.2) is 9.97 Å². The number of piperidine rings is 1. The number of rotatable bonds is 3. The summed E-state index contributed by atoms with van der Waals surface area (Å²) in [5.41, 5.74) is -0.382. The number of nitriles is 1. The van der Waals surface area contributed by atoms with Crippen molar-refractivity contribution in [2.24, 2.45) is 0 Å². The lowest BCUT2D eigenvalue weighted by atomic mass is 10.0. The number of hydrogen-bond acceptors (Lipinski definition) is 5. The van der Waals surface area contributed by atoms with Crippen molar-refractivity contribution < 1.29 is 13.2 Å². The van der Waals surface area contributed by atoms with Crippen LogP contribution in [-0.2, 0) is 6.18 Å². The van der Waals surface area contributed by atoms with Gasteiger partial charge in [0.05, 0.1) is 5.56 Å². The molecule has 130 valence electrons. The third-order valence-electron chi connectivity index (χ3n) is 4.09. The summed E-state index contributed by atoms with van der Waals surface area (Å²) in [5.74, 6) is 1.04. The molecule has 0 unspecified atom stereocenters. The lowest BCUT2D eigenvalue weighted by Gasteiger charge is -2.33. The zero-order chi connectivity index (χ0) is 17.9. The molecule has 1 aliphatic rings. The van der Waals surface area contributed by atoms with Crippen LogP contribution in [0.5, 0.6) is 0 Å². The number of aromatic nitrogens is 2. The largest absolute Gasteiger partial charge is 0.433 e. The fraction of sp³-hybridized carbons (Fsp3) is 0.353. The van der Waals surface area contributed by atoms with Gasteiger partial charge in [0.25, 0.3) is 0 Å². The van der Waals surface area contributed by atoms with Gasteiger partial charge in [-0.15, -0.1) is 0 Å². The van der Waals surface area contributed by atoms with E-state index in [1.807, 2.05) is 6.07 Å². The molecule has 0 atom stereocenters. The van der Waals surface area contributed by atoms with Gasteiger partial charge in [-0.1, -0.05) is 6.07 Å². The SMILES string of the molecule is N#Cc1ccc(N2CCC(Nc3cccc(C(F)(F)F)n3)CC2)nc1. The first-order chi connectivity index (χ1) is 12.0. The highest BCUT2D eigenvalue weighted by Crippen LogP contribution is 2.28. The maximum Gasteiger partial charge on any atom is 0.433 e. The summed E-state index contributed by atoms with van der Waals surface area (Å²) in [6.07, 6.45) is -1.38. The first kappa shape index (κ1) is 17.0. The normalized spacial score (nSPS) is 15.7. The second-order valence-corrected chi connectivity index (χ2v) is 5.83. The van der Waals surface area contributed by atoms with Gasteiger partial charge in [0.15, 0.2) is 0 Å². The minimum absolute atomic E-state index is 0.0608. The van der Waals surface area contributed by atoms with Crippen LogP contribution in [0.2, 0.25) is 0 Å². The van der Waals surface area contributed by atoms with Gasteiger partial charge in [0.1, 0.15) is 23.4 Å². The molecule has 0 saturated carbocycles. The number of hydrogen-bond donors (Lipinski definition) is 1. The molecule has 3 rings (SSSR count). The fourth-order valence-electron chi connectivity index (χ4n) is 2.77. The fourth-order valence-corrected chi connectivity index (χ4v) is 2.77. The topological polar surface area (TPSA) is 64.8 Å². The molecule has 2 aromatic heterocycles. The molecule has 8 heteroatoms. The number of pyridine rings is 2. The van der Waals surface area contributed by atoms with E-state index in [2.05, 4.69) is 20.2 Å². The van der Waals surface area contributed by atoms with Gasteiger partial charge in [-0.05, 0) is 37.1 Å². The molecule has 3 heterocycles. The third-order valence-corrected chi connectivity index (χ3v) is 4.09. The van der Waals surface area contributed by atoms with Gasteiger partial charge in [0, 0.05) is 25.3 Å². The van der Waals surface area contributed by atoms with E-state index in [0.717, 1.165) is 37.8 Å². The number of nitrogens with one attached hydrogen (secondary N) is 1. The number of anilines is 2. The van der Waals surface area contributed by atoms with Gasteiger partial charge < -0.3 is 10.2 Å². The van der Waals surface area contributed by atoms with Crippen molar-refractivity contribution in [1.29, 1.82) is 5.26 Å². The quantitative estimate of drug-likeness (QED) is 0.921. The van der Waals surface area contributed by atoms with Crippen LogP contribution < -0.4 is 10.2 Å². The Balaban J connectivity index is 1.58. The molecule has 1 aliphatic heterocycles. The van der Waals surface area contributed by atoms with Crippen molar-refractivity contribution in [3.63, 3.8) is 0 Å². The predicted octanol–water partition coefficient (Wildman–Crippen LogP) is 3.45. The van der Waals surface area contributed by atoms with Gasteiger partial charge in [0.2, 0.25) is 0 Å². The number of alkyl halides is 3. The van der Waals surface area contributed by atoms with Crippen LogP contribution in [0.1, 0.15) is 24.1 Å². The van der Waals surface area contributed by atoms with Crippen LogP contribution in [0.25, 0.3) is 0 Å². The molecule has 0 aromatic carbocycles. The smallest absolute Gasteiger partial charge is 0.367 e. The Morgan fingerprint density at radius 3 is 2.52 bits per heavy atom. The van der Waals surface area contributed by atoms with E-state index in [0.29, 0.717) is 5.56 Å². The maximum atomic E-state index is 12.7. The Morgan fingerprint density at radius 2 is 1.92 bits per heavy atom. The highest BCUT2D eigenvalue weighted by Gasteiger charge is 2.32. The molecule has 0 aliphatic carbocycles. The van der Waals surface area contributed by atoms with E-state index in [1.165, 1.54) is 12.3 Å². The monoisotopic (exact) mass is 347 g/mol. The zero-order valence-corrected chi connectivity index (χ0v) is 13.3. The molecular formula is C17H16F3N5. The molecule has 5 nitrogen and oxygen atoms in total. The summed E-state index contributed by atoms with van der Waals surface area (Å²) in [6.45, 7) is 1.46. The van der Waals surface area contributed by atoms with Gasteiger partial charge in [-0.2, -0.15) is 18.4 Å². The van der Waals surface area contributed by atoms with Crippen molar-refractivity contribution in [3.05, 3.63) is 47.8 Å². The average molecular weight is 347 g/mol. The minimum Gasteiger partial charge on any atom is -0.367 e. The summed E-state index contributed by atoms with van der Waals surface area (Å²) in [7, 11) is 0. The average Bonchev–Trinajstić information content (AvgIpc) is 2.62. The maximum absolute atomic E-state index is 12.7. The number of halogens is 3. The predicted molar refractivity (Wildman–Crippen MR) is 87.0 cm³/mol. The molecular weight excluding hydrogens is 331 g/mol. The van der Waals surface area contributed by atoms with Crippen LogP contribution >= 0.6 is 0 Å². The Bertz CT molecular complexity index is 759. The van der Waals surface area contributed by atoms with Crippen LogP contribution in [0.3, 0.4) is 0 Å². The summed E-state index contributed by atoms with van der Waals surface area (Å²) in [6, 6.07) is 9.48. The minimum atomic E-state index is -4.44. The van der Waals surface area contributed by atoms with Crippen molar-refractivity contribution in [2.75, 3.05) is 23.3 Å². The van der Waals surface area contributed by atoms with E-state index in [4.69, 9.17) is 5.26 Å². The summed E-state index contributed by atoms with van der Waals surface area (Å²) in [4.78, 5) is 10.0. The lowest BCUT2D eigenvalue weighted by molar-refractivity contribution is -0.141. The van der Waals surface area contributed by atoms with Crippen molar-refractivity contribution in [1.82, 2.24) is 9.97 Å². The van der Waals surface area contributed by atoms with Crippen LogP contribution in [0.4, 0.5) is 24.8 Å². The zero-order valence-electron chi connectivity index (χ0n) is 13.3. The standard InChI is InChI=1S/C17H16F3N5/c18-17(19,20)14-2-1-3-15(24-14)23-13-6-8-25(9-7-13)16-5-4-12(10-21)11-22-16/h1-5,11,13H,6-9H2,(H,23,24). The van der Waals surface area contributed by atoms with Gasteiger partial charge >= 0.3 is 6.18 Å². The second kappa shape index (κ2) is 6.97. The Morgan fingerprint density at radius 1 is 1.16 bits per heavy atom. The highest BCUT2D eigenvalue weighted by atomic mass is 19.4. The van der Waals surface area contributed by atoms with Crippen molar-refractivity contribution in [2.45, 2.75) is 25.1 Å². The van der Waals surface area contributed by atoms with E-state index < -0.39 is 11.9 Å². The van der Waals surface area contributed by atoms with Gasteiger partial charge in [-0.3, -0.25) is 0 Å². The summed E-state index contributed by atoms with van der Waals surface area (Å²) < 4.78 is 38.1. The summed E-state index contributed by atoms with van der Waals surface area (Å²) in [5, 5.41) is 11.9. The van der Waals surface area contributed by atoms with E-state index in [1.54, 1.807) is 18.2 Å². The van der Waals surface area contributed by atoms with Crippen molar-refractivity contribution in [3.8, 4) is 6.07 Å². The molecule has 0 bridgehead atoms. The van der Waals surface area contributed by atoms with E-state index in [9.17, 15) is 13.2 Å². The molecule has 0 spiro atoms. The summed E-state index contributed by atoms with van der Waals surface area (Å²) >= 11 is 0. The van der Waals surface area contributed by atoms with E-state index >= 15 is 0 Å². The van der Waals surface area contributed by atoms with Crippen LogP contribution in [0, 0.1) is 11.3 Å². The molecule has 1 fully saturated rings. The molecule has 0 radical (unpaired) electrons. The number of nitrogens with zero attached hydrogens (tertiary/aromatic N) is 4. The molecule has 2 aromatic rings. The first-order valence-corrected chi connectivity index (χ1v) is 7.87. The molecule has 1 N–H and O–H groups in total. The third kappa shape index (κ3) is 4.18. The molecule has 25 heavy (non-hydrogen) atoms. The van der Waals surface area contributed by atoms with Crippen LogP contribution in [0.15, 0.2) is 36.5 Å². The first-order valence-electron chi connectivity index (χ1n) is 7.87. The van der Waals surface area contributed by atoms with Crippen LogP contribution in [-0.4, -0.2) is 29.1 Å². The van der Waals surface area contributed by atoms with Crippen molar-refractivity contribution >= 4 is 11.6 Å². The second-order valence-electron chi connectivity index (χ2n) is 5.83. The molecule has 0 amide bonds.